The fourth-order valence-electron chi connectivity index (χ4n) is 2.26. The van der Waals surface area contributed by atoms with Gasteiger partial charge in [-0.2, -0.15) is 0 Å². The van der Waals surface area contributed by atoms with Crippen LogP contribution in [0.3, 0.4) is 0 Å². The molecule has 0 aliphatic rings. The first-order valence-electron chi connectivity index (χ1n) is 6.51. The van der Waals surface area contributed by atoms with Crippen molar-refractivity contribution in [3.8, 4) is 0 Å². The Balaban J connectivity index is 1.83. The molecule has 2 aromatic carbocycles. The molecule has 3 rings (SSSR count). The molecule has 3 aromatic rings. The van der Waals surface area contributed by atoms with Crippen LogP contribution in [0.15, 0.2) is 65.7 Å². The summed E-state index contributed by atoms with van der Waals surface area (Å²) in [5.41, 5.74) is 3.10. The van der Waals surface area contributed by atoms with Crippen LogP contribution in [0.1, 0.15) is 23.8 Å². The first-order valence-corrected chi connectivity index (χ1v) is 6.51. The van der Waals surface area contributed by atoms with Gasteiger partial charge >= 0.3 is 0 Å². The van der Waals surface area contributed by atoms with Crippen LogP contribution < -0.4 is 0 Å². The van der Waals surface area contributed by atoms with Gasteiger partial charge in [0.15, 0.2) is 5.58 Å². The molecular weight excluding hydrogens is 250 g/mol. The second-order valence-electron chi connectivity index (χ2n) is 4.76. The van der Waals surface area contributed by atoms with Crippen molar-refractivity contribution in [2.75, 3.05) is 0 Å². The molecule has 0 aliphatic heterocycles. The SMILES string of the molecule is C=C(CC(O)c1ccccc1)c1noc2ccccc12. The molecule has 100 valence electrons. The van der Waals surface area contributed by atoms with Crippen LogP contribution in [-0.2, 0) is 0 Å². The van der Waals surface area contributed by atoms with E-state index in [1.54, 1.807) is 0 Å². The van der Waals surface area contributed by atoms with Crippen molar-refractivity contribution in [2.45, 2.75) is 12.5 Å². The maximum atomic E-state index is 10.2. The first-order chi connectivity index (χ1) is 9.75. The highest BCUT2D eigenvalue weighted by Crippen LogP contribution is 2.29. The lowest BCUT2D eigenvalue weighted by atomic mass is 9.99. The monoisotopic (exact) mass is 265 g/mol. The third-order valence-corrected chi connectivity index (χ3v) is 3.34. The summed E-state index contributed by atoms with van der Waals surface area (Å²) in [5, 5.41) is 15.2. The number of aliphatic hydroxyl groups excluding tert-OH is 1. The Kier molecular flexibility index (Phi) is 3.35. The molecule has 1 N–H and O–H groups in total. The summed E-state index contributed by atoms with van der Waals surface area (Å²) in [7, 11) is 0. The Labute approximate surface area is 117 Å². The molecular formula is C17H15NO2. The maximum absolute atomic E-state index is 10.2. The van der Waals surface area contributed by atoms with Gasteiger partial charge in [-0.1, -0.05) is 54.2 Å². The summed E-state index contributed by atoms with van der Waals surface area (Å²) >= 11 is 0. The van der Waals surface area contributed by atoms with Crippen LogP contribution in [0.25, 0.3) is 16.5 Å². The highest BCUT2D eigenvalue weighted by molar-refractivity contribution is 5.88. The lowest BCUT2D eigenvalue weighted by molar-refractivity contribution is 0.184. The zero-order valence-electron chi connectivity index (χ0n) is 11.0. The van der Waals surface area contributed by atoms with Crippen LogP contribution in [0.5, 0.6) is 0 Å². The number of fused-ring (bicyclic) bond motifs is 1. The quantitative estimate of drug-likeness (QED) is 0.776. The Morgan fingerprint density at radius 1 is 1.10 bits per heavy atom. The molecule has 0 aliphatic carbocycles. The van der Waals surface area contributed by atoms with Crippen molar-refractivity contribution >= 4 is 16.5 Å². The number of nitrogens with zero attached hydrogens (tertiary/aromatic N) is 1. The number of para-hydroxylation sites is 1. The van der Waals surface area contributed by atoms with Gasteiger partial charge in [-0.25, -0.2) is 0 Å². The van der Waals surface area contributed by atoms with E-state index >= 15 is 0 Å². The minimum absolute atomic E-state index is 0.431. The molecule has 1 aromatic heterocycles. The van der Waals surface area contributed by atoms with E-state index < -0.39 is 6.10 Å². The van der Waals surface area contributed by atoms with Crippen molar-refractivity contribution < 1.29 is 9.63 Å². The van der Waals surface area contributed by atoms with Gasteiger partial charge in [-0.05, 0) is 23.3 Å². The maximum Gasteiger partial charge on any atom is 0.167 e. The second-order valence-corrected chi connectivity index (χ2v) is 4.76. The zero-order valence-corrected chi connectivity index (χ0v) is 11.0. The minimum Gasteiger partial charge on any atom is -0.388 e. The normalized spacial score (nSPS) is 12.4. The summed E-state index contributed by atoms with van der Waals surface area (Å²) in [5.74, 6) is 0. The summed E-state index contributed by atoms with van der Waals surface area (Å²) in [4.78, 5) is 0. The lowest BCUT2D eigenvalue weighted by Crippen LogP contribution is -1.98. The highest BCUT2D eigenvalue weighted by Gasteiger charge is 2.15. The number of benzene rings is 2. The zero-order chi connectivity index (χ0) is 13.9. The van der Waals surface area contributed by atoms with E-state index in [9.17, 15) is 5.11 Å². The number of hydrogen-bond donors (Lipinski definition) is 1. The summed E-state index contributed by atoms with van der Waals surface area (Å²) in [6, 6.07) is 17.2. The number of aliphatic hydroxyl groups is 1. The summed E-state index contributed by atoms with van der Waals surface area (Å²) in [6.45, 7) is 4.03. The molecule has 20 heavy (non-hydrogen) atoms. The highest BCUT2D eigenvalue weighted by atomic mass is 16.5. The van der Waals surface area contributed by atoms with Gasteiger partial charge < -0.3 is 9.63 Å². The molecule has 0 fully saturated rings. The summed E-state index contributed by atoms with van der Waals surface area (Å²) in [6.07, 6.45) is -0.153. The van der Waals surface area contributed by atoms with Crippen molar-refractivity contribution in [3.05, 3.63) is 72.4 Å². The van der Waals surface area contributed by atoms with E-state index in [1.165, 1.54) is 0 Å². The van der Waals surface area contributed by atoms with Gasteiger partial charge in [0.2, 0.25) is 0 Å². The average molecular weight is 265 g/mol. The smallest absolute Gasteiger partial charge is 0.167 e. The van der Waals surface area contributed by atoms with E-state index in [4.69, 9.17) is 4.52 Å². The van der Waals surface area contributed by atoms with Crippen molar-refractivity contribution in [3.63, 3.8) is 0 Å². The molecule has 0 amide bonds. The largest absolute Gasteiger partial charge is 0.388 e. The molecule has 0 bridgehead atoms. The van der Waals surface area contributed by atoms with Crippen LogP contribution >= 0.6 is 0 Å². The van der Waals surface area contributed by atoms with Gasteiger partial charge in [-0.15, -0.1) is 0 Å². The Bertz CT molecular complexity index is 731. The van der Waals surface area contributed by atoms with E-state index in [-0.39, 0.29) is 0 Å². The minimum atomic E-state index is -0.584. The Hall–Kier alpha value is -2.39. The first kappa shape index (κ1) is 12.6. The standard InChI is InChI=1S/C17H15NO2/c1-12(11-15(19)13-7-3-2-4-8-13)17-14-9-5-6-10-16(14)20-18-17/h2-10,15,19H,1,11H2. The van der Waals surface area contributed by atoms with Gasteiger partial charge in [0, 0.05) is 11.8 Å². The molecule has 1 unspecified atom stereocenters. The molecule has 0 radical (unpaired) electrons. The molecule has 1 atom stereocenters. The molecule has 3 heteroatoms. The van der Waals surface area contributed by atoms with E-state index in [0.29, 0.717) is 6.42 Å². The van der Waals surface area contributed by atoms with E-state index in [0.717, 1.165) is 27.8 Å². The fourth-order valence-corrected chi connectivity index (χ4v) is 2.26. The van der Waals surface area contributed by atoms with Gasteiger partial charge in [0.1, 0.15) is 5.69 Å². The number of hydrogen-bond acceptors (Lipinski definition) is 3. The molecule has 0 saturated carbocycles. The van der Waals surface area contributed by atoms with Crippen molar-refractivity contribution in [1.82, 2.24) is 5.16 Å². The number of aromatic nitrogens is 1. The van der Waals surface area contributed by atoms with Gasteiger partial charge in [0.05, 0.1) is 6.10 Å². The lowest BCUT2D eigenvalue weighted by Gasteiger charge is -2.11. The number of rotatable bonds is 4. The summed E-state index contributed by atoms with van der Waals surface area (Å²) < 4.78 is 5.26. The predicted octanol–water partition coefficient (Wildman–Crippen LogP) is 3.96. The van der Waals surface area contributed by atoms with Crippen LogP contribution in [0, 0.1) is 0 Å². The molecule has 1 heterocycles. The van der Waals surface area contributed by atoms with Crippen LogP contribution in [0.4, 0.5) is 0 Å². The Morgan fingerprint density at radius 3 is 2.60 bits per heavy atom. The van der Waals surface area contributed by atoms with Crippen molar-refractivity contribution in [1.29, 1.82) is 0 Å². The van der Waals surface area contributed by atoms with Gasteiger partial charge in [0.25, 0.3) is 0 Å². The van der Waals surface area contributed by atoms with Crippen LogP contribution in [0.2, 0.25) is 0 Å². The topological polar surface area (TPSA) is 46.3 Å². The van der Waals surface area contributed by atoms with E-state index in [1.807, 2.05) is 54.6 Å². The third-order valence-electron chi connectivity index (χ3n) is 3.34. The second kappa shape index (κ2) is 5.31. The van der Waals surface area contributed by atoms with E-state index in [2.05, 4.69) is 11.7 Å². The van der Waals surface area contributed by atoms with Crippen molar-refractivity contribution in [2.24, 2.45) is 0 Å². The predicted molar refractivity (Wildman–Crippen MR) is 79.1 cm³/mol. The fraction of sp³-hybridized carbons (Fsp3) is 0.118. The van der Waals surface area contributed by atoms with Gasteiger partial charge in [-0.3, -0.25) is 0 Å². The van der Waals surface area contributed by atoms with Crippen LogP contribution in [-0.4, -0.2) is 10.3 Å². The average Bonchev–Trinajstić information content (AvgIpc) is 2.92. The third kappa shape index (κ3) is 2.36. The molecule has 0 saturated heterocycles. The Morgan fingerprint density at radius 2 is 1.80 bits per heavy atom. The molecule has 3 nitrogen and oxygen atoms in total. The molecule has 0 spiro atoms.